The van der Waals surface area contributed by atoms with Gasteiger partial charge >= 0.3 is 0 Å². The Morgan fingerprint density at radius 1 is 1.55 bits per heavy atom. The summed E-state index contributed by atoms with van der Waals surface area (Å²) in [7, 11) is 1.98. The Bertz CT molecular complexity index is 499. The highest BCUT2D eigenvalue weighted by Crippen LogP contribution is 2.27. The van der Waals surface area contributed by atoms with Crippen molar-refractivity contribution in [3.63, 3.8) is 0 Å². The Balaban J connectivity index is 2.33. The predicted molar refractivity (Wildman–Crippen MR) is 81.1 cm³/mol. The molecule has 5 heteroatoms. The van der Waals surface area contributed by atoms with Crippen LogP contribution in [0.2, 0.25) is 0 Å². The molecule has 1 saturated heterocycles. The van der Waals surface area contributed by atoms with Gasteiger partial charge in [-0.25, -0.2) is 4.98 Å². The average molecular weight is 276 g/mol. The van der Waals surface area contributed by atoms with Crippen LogP contribution in [0.3, 0.4) is 0 Å². The van der Waals surface area contributed by atoms with Crippen LogP contribution < -0.4 is 16.0 Å². The molecule has 2 heterocycles. The number of aromatic nitrogens is 1. The van der Waals surface area contributed by atoms with Crippen molar-refractivity contribution in [3.8, 4) is 0 Å². The van der Waals surface area contributed by atoms with Gasteiger partial charge in [0.05, 0.1) is 5.56 Å². The van der Waals surface area contributed by atoms with Gasteiger partial charge in [-0.15, -0.1) is 0 Å². The lowest BCUT2D eigenvalue weighted by Crippen LogP contribution is -2.40. The van der Waals surface area contributed by atoms with E-state index in [4.69, 9.17) is 5.73 Å². The summed E-state index contributed by atoms with van der Waals surface area (Å²) in [5.41, 5.74) is 7.96. The first-order valence-corrected chi connectivity index (χ1v) is 7.20. The summed E-state index contributed by atoms with van der Waals surface area (Å²) >= 11 is 0. The van der Waals surface area contributed by atoms with E-state index in [1.54, 1.807) is 0 Å². The quantitative estimate of drug-likeness (QED) is 0.868. The van der Waals surface area contributed by atoms with Crippen LogP contribution >= 0.6 is 0 Å². The van der Waals surface area contributed by atoms with E-state index >= 15 is 0 Å². The fraction of sp³-hybridized carbons (Fsp3) is 0.600. The molecule has 110 valence electrons. The van der Waals surface area contributed by atoms with E-state index in [-0.39, 0.29) is 5.91 Å². The lowest BCUT2D eigenvalue weighted by atomic mass is 9.97. The van der Waals surface area contributed by atoms with Crippen molar-refractivity contribution in [1.82, 2.24) is 10.3 Å². The summed E-state index contributed by atoms with van der Waals surface area (Å²) in [5, 5.41) is 3.23. The number of carbonyl (C=O) groups excluding carboxylic acids is 1. The second-order valence-corrected chi connectivity index (χ2v) is 5.66. The number of aryl methyl sites for hydroxylation is 2. The molecule has 1 unspecified atom stereocenters. The molecule has 1 fully saturated rings. The van der Waals surface area contributed by atoms with Crippen molar-refractivity contribution in [2.75, 3.05) is 31.6 Å². The van der Waals surface area contributed by atoms with Gasteiger partial charge in [0.25, 0.3) is 5.91 Å². The number of primary amides is 1. The van der Waals surface area contributed by atoms with Gasteiger partial charge in [-0.1, -0.05) is 0 Å². The monoisotopic (exact) mass is 276 g/mol. The summed E-state index contributed by atoms with van der Waals surface area (Å²) in [6.07, 6.45) is 2.34. The molecule has 1 atom stereocenters. The van der Waals surface area contributed by atoms with Crippen LogP contribution in [0, 0.1) is 19.8 Å². The minimum absolute atomic E-state index is 0.388. The van der Waals surface area contributed by atoms with E-state index in [0.717, 1.165) is 43.1 Å². The van der Waals surface area contributed by atoms with Crippen LogP contribution in [0.5, 0.6) is 0 Å². The van der Waals surface area contributed by atoms with Crippen LogP contribution in [-0.2, 0) is 0 Å². The smallest absolute Gasteiger partial charge is 0.252 e. The maximum Gasteiger partial charge on any atom is 0.252 e. The SMILES string of the molecule is CNCC1CCCN(c2nc(C)cc(C)c2C(N)=O)C1. The summed E-state index contributed by atoms with van der Waals surface area (Å²) in [6.45, 7) is 6.74. The van der Waals surface area contributed by atoms with Gasteiger partial charge in [0.1, 0.15) is 5.82 Å². The van der Waals surface area contributed by atoms with E-state index in [1.807, 2.05) is 27.0 Å². The van der Waals surface area contributed by atoms with Crippen LogP contribution in [-0.4, -0.2) is 37.6 Å². The lowest BCUT2D eigenvalue weighted by molar-refractivity contribution is 0.0999. The molecule has 5 nitrogen and oxygen atoms in total. The van der Waals surface area contributed by atoms with E-state index in [1.165, 1.54) is 6.42 Å². The van der Waals surface area contributed by atoms with Gasteiger partial charge in [0.2, 0.25) is 0 Å². The van der Waals surface area contributed by atoms with Crippen molar-refractivity contribution in [3.05, 3.63) is 22.9 Å². The number of rotatable bonds is 4. The first-order valence-electron chi connectivity index (χ1n) is 7.20. The molecule has 0 radical (unpaired) electrons. The Hall–Kier alpha value is -1.62. The van der Waals surface area contributed by atoms with E-state index < -0.39 is 0 Å². The highest BCUT2D eigenvalue weighted by Gasteiger charge is 2.25. The number of hydrogen-bond acceptors (Lipinski definition) is 4. The van der Waals surface area contributed by atoms with Gasteiger partial charge in [-0.05, 0) is 57.8 Å². The average Bonchev–Trinajstić information content (AvgIpc) is 2.38. The number of pyridine rings is 1. The minimum atomic E-state index is -0.388. The van der Waals surface area contributed by atoms with Crippen molar-refractivity contribution in [2.24, 2.45) is 11.7 Å². The summed E-state index contributed by atoms with van der Waals surface area (Å²) < 4.78 is 0. The second kappa shape index (κ2) is 6.22. The number of piperidine rings is 1. The van der Waals surface area contributed by atoms with E-state index in [0.29, 0.717) is 11.5 Å². The molecule has 1 aromatic rings. The van der Waals surface area contributed by atoms with Gasteiger partial charge in [-0.3, -0.25) is 4.79 Å². The molecule has 3 N–H and O–H groups in total. The minimum Gasteiger partial charge on any atom is -0.365 e. The molecule has 0 saturated carbocycles. The van der Waals surface area contributed by atoms with Gasteiger partial charge in [0, 0.05) is 18.8 Å². The largest absolute Gasteiger partial charge is 0.365 e. The van der Waals surface area contributed by atoms with E-state index in [9.17, 15) is 4.79 Å². The highest BCUT2D eigenvalue weighted by atomic mass is 16.1. The molecule has 1 aliphatic rings. The third kappa shape index (κ3) is 3.10. The maximum absolute atomic E-state index is 11.7. The molecule has 20 heavy (non-hydrogen) atoms. The summed E-state index contributed by atoms with van der Waals surface area (Å²) in [6, 6.07) is 1.92. The predicted octanol–water partition coefficient (Wildman–Crippen LogP) is 1.23. The Kier molecular flexibility index (Phi) is 4.60. The van der Waals surface area contributed by atoms with Crippen LogP contribution in [0.15, 0.2) is 6.07 Å². The fourth-order valence-electron chi connectivity index (χ4n) is 3.06. The summed E-state index contributed by atoms with van der Waals surface area (Å²) in [5.74, 6) is 0.966. The topological polar surface area (TPSA) is 71.2 Å². The Morgan fingerprint density at radius 3 is 2.95 bits per heavy atom. The van der Waals surface area contributed by atoms with Crippen LogP contribution in [0.1, 0.15) is 34.5 Å². The molecular weight excluding hydrogens is 252 g/mol. The molecule has 0 spiro atoms. The standard InChI is InChI=1S/C15H24N4O/c1-10-7-11(2)18-15(13(10)14(16)20)19-6-4-5-12(9-19)8-17-3/h7,12,17H,4-6,8-9H2,1-3H3,(H2,16,20). The third-order valence-electron chi connectivity index (χ3n) is 3.88. The normalized spacial score (nSPS) is 19.1. The number of nitrogens with one attached hydrogen (secondary N) is 1. The number of nitrogens with zero attached hydrogens (tertiary/aromatic N) is 2. The molecule has 1 amide bonds. The zero-order chi connectivity index (χ0) is 14.7. The highest BCUT2D eigenvalue weighted by molar-refractivity contribution is 5.99. The molecule has 1 aliphatic heterocycles. The van der Waals surface area contributed by atoms with Crippen molar-refractivity contribution in [1.29, 1.82) is 0 Å². The Labute approximate surface area is 120 Å². The lowest BCUT2D eigenvalue weighted by Gasteiger charge is -2.34. The van der Waals surface area contributed by atoms with E-state index in [2.05, 4.69) is 15.2 Å². The van der Waals surface area contributed by atoms with Gasteiger partial charge in [0.15, 0.2) is 0 Å². The van der Waals surface area contributed by atoms with Gasteiger partial charge in [-0.2, -0.15) is 0 Å². The third-order valence-corrected chi connectivity index (χ3v) is 3.88. The van der Waals surface area contributed by atoms with Crippen LogP contribution in [0.25, 0.3) is 0 Å². The number of anilines is 1. The van der Waals surface area contributed by atoms with Crippen molar-refractivity contribution >= 4 is 11.7 Å². The first-order chi connectivity index (χ1) is 9.52. The number of nitrogens with two attached hydrogens (primary N) is 1. The number of hydrogen-bond donors (Lipinski definition) is 2. The van der Waals surface area contributed by atoms with Crippen molar-refractivity contribution in [2.45, 2.75) is 26.7 Å². The number of amides is 1. The zero-order valence-electron chi connectivity index (χ0n) is 12.6. The van der Waals surface area contributed by atoms with Crippen LogP contribution in [0.4, 0.5) is 5.82 Å². The molecular formula is C15H24N4O. The molecule has 0 aromatic carbocycles. The molecule has 1 aromatic heterocycles. The van der Waals surface area contributed by atoms with Crippen molar-refractivity contribution < 1.29 is 4.79 Å². The maximum atomic E-state index is 11.7. The molecule has 0 aliphatic carbocycles. The second-order valence-electron chi connectivity index (χ2n) is 5.66. The summed E-state index contributed by atoms with van der Waals surface area (Å²) in [4.78, 5) is 18.5. The number of carbonyl (C=O) groups is 1. The Morgan fingerprint density at radius 2 is 2.30 bits per heavy atom. The fourth-order valence-corrected chi connectivity index (χ4v) is 3.06. The molecule has 0 bridgehead atoms. The van der Waals surface area contributed by atoms with Gasteiger partial charge < -0.3 is 16.0 Å². The first kappa shape index (κ1) is 14.8. The zero-order valence-corrected chi connectivity index (χ0v) is 12.6. The molecule has 2 rings (SSSR count).